The van der Waals surface area contributed by atoms with E-state index in [9.17, 15) is 13.6 Å². The summed E-state index contributed by atoms with van der Waals surface area (Å²) in [4.78, 5) is 19.2. The van der Waals surface area contributed by atoms with E-state index in [2.05, 4.69) is 15.5 Å². The number of hydrogen-bond acceptors (Lipinski definition) is 4. The summed E-state index contributed by atoms with van der Waals surface area (Å²) in [6, 6.07) is 16.5. The Bertz CT molecular complexity index is 1460. The molecule has 5 rings (SSSR count). The monoisotopic (exact) mass is 472 g/mol. The number of hydrogen-bond donors (Lipinski definition) is 1. The molecule has 1 aliphatic rings. The third-order valence-electron chi connectivity index (χ3n) is 6.17. The fourth-order valence-electron chi connectivity index (χ4n) is 4.19. The summed E-state index contributed by atoms with van der Waals surface area (Å²) in [5.74, 6) is -0.344. The number of allylic oxidation sites excluding steroid dienone is 1. The van der Waals surface area contributed by atoms with E-state index in [0.717, 1.165) is 16.7 Å². The van der Waals surface area contributed by atoms with Gasteiger partial charge in [0.25, 0.3) is 5.89 Å². The first-order chi connectivity index (χ1) is 16.8. The average Bonchev–Trinajstić information content (AvgIpc) is 3.31. The number of nitrogens with zero attached hydrogens (tertiary/aromatic N) is 3. The Kier molecular flexibility index (Phi) is 5.64. The first-order valence-corrected chi connectivity index (χ1v) is 11.1. The second-order valence-corrected chi connectivity index (χ2v) is 8.47. The Balaban J connectivity index is 1.67. The van der Waals surface area contributed by atoms with E-state index in [4.69, 9.17) is 4.52 Å². The van der Waals surface area contributed by atoms with Crippen molar-refractivity contribution in [2.75, 3.05) is 4.90 Å². The maximum Gasteiger partial charge on any atom is 0.327 e. The van der Waals surface area contributed by atoms with Gasteiger partial charge in [0.15, 0.2) is 0 Å². The highest BCUT2D eigenvalue weighted by atomic mass is 19.1. The SMILES string of the molecule is CC1=C(c2nc(-c3ccc(F)cc3)no2)C(c2ccc(C)c(C)c2)NC(=O)N1c1cccc(F)c1. The van der Waals surface area contributed by atoms with Gasteiger partial charge in [-0.15, -0.1) is 0 Å². The van der Waals surface area contributed by atoms with Gasteiger partial charge < -0.3 is 9.84 Å². The molecular formula is C27H22F2N4O2. The number of urea groups is 1. The number of aromatic nitrogens is 2. The predicted octanol–water partition coefficient (Wildman–Crippen LogP) is 6.33. The molecule has 4 aromatic rings. The molecular weight excluding hydrogens is 450 g/mol. The van der Waals surface area contributed by atoms with Crippen molar-refractivity contribution in [3.05, 3.63) is 107 Å². The standard InChI is InChI=1S/C27H22F2N4O2/c1-15-7-8-19(13-16(15)2)24-23(26-31-25(32-35-26)18-9-11-20(28)12-10-18)17(3)33(27(34)30-24)22-6-4-5-21(29)14-22/h4-14,24H,1-3H3,(H,30,34). The molecule has 1 aromatic heterocycles. The first kappa shape index (κ1) is 22.5. The third-order valence-corrected chi connectivity index (χ3v) is 6.17. The van der Waals surface area contributed by atoms with Crippen LogP contribution in [0.1, 0.15) is 35.5 Å². The van der Waals surface area contributed by atoms with Crippen molar-refractivity contribution in [2.45, 2.75) is 26.8 Å². The third kappa shape index (κ3) is 4.19. The second kappa shape index (κ2) is 8.79. The molecule has 0 saturated carbocycles. The van der Waals surface area contributed by atoms with Crippen LogP contribution in [-0.2, 0) is 0 Å². The molecule has 1 aliphatic heterocycles. The fraction of sp³-hybridized carbons (Fsp3) is 0.148. The van der Waals surface area contributed by atoms with Crippen LogP contribution in [0.4, 0.5) is 19.3 Å². The molecule has 3 aromatic carbocycles. The van der Waals surface area contributed by atoms with Crippen LogP contribution < -0.4 is 10.2 Å². The lowest BCUT2D eigenvalue weighted by molar-refractivity contribution is 0.244. The topological polar surface area (TPSA) is 71.3 Å². The van der Waals surface area contributed by atoms with Crippen molar-refractivity contribution in [1.29, 1.82) is 0 Å². The molecule has 0 aliphatic carbocycles. The summed E-state index contributed by atoms with van der Waals surface area (Å²) in [6.45, 7) is 5.77. The highest BCUT2D eigenvalue weighted by molar-refractivity contribution is 6.01. The number of rotatable bonds is 4. The molecule has 0 radical (unpaired) electrons. The average molecular weight is 472 g/mol. The lowest BCUT2D eigenvalue weighted by Crippen LogP contribution is -2.46. The number of carbonyl (C=O) groups excluding carboxylic acids is 1. The van der Waals surface area contributed by atoms with Gasteiger partial charge in [-0.05, 0) is 79.9 Å². The van der Waals surface area contributed by atoms with Crippen LogP contribution >= 0.6 is 0 Å². The number of halogens is 2. The Hall–Kier alpha value is -4.33. The lowest BCUT2D eigenvalue weighted by Gasteiger charge is -2.35. The Morgan fingerprint density at radius 2 is 1.69 bits per heavy atom. The van der Waals surface area contributed by atoms with Crippen LogP contribution in [0.2, 0.25) is 0 Å². The van der Waals surface area contributed by atoms with E-state index < -0.39 is 17.9 Å². The fourth-order valence-corrected chi connectivity index (χ4v) is 4.19. The molecule has 1 atom stereocenters. The van der Waals surface area contributed by atoms with Crippen molar-refractivity contribution in [1.82, 2.24) is 15.5 Å². The highest BCUT2D eigenvalue weighted by Crippen LogP contribution is 2.39. The van der Waals surface area contributed by atoms with E-state index in [-0.39, 0.29) is 17.5 Å². The second-order valence-electron chi connectivity index (χ2n) is 8.47. The zero-order valence-corrected chi connectivity index (χ0v) is 19.3. The summed E-state index contributed by atoms with van der Waals surface area (Å²) in [5, 5.41) is 7.09. The van der Waals surface area contributed by atoms with Gasteiger partial charge in [-0.2, -0.15) is 4.98 Å². The van der Waals surface area contributed by atoms with Gasteiger partial charge in [0, 0.05) is 11.3 Å². The molecule has 8 heteroatoms. The van der Waals surface area contributed by atoms with Crippen LogP contribution in [0.25, 0.3) is 17.0 Å². The largest absolute Gasteiger partial charge is 0.334 e. The van der Waals surface area contributed by atoms with Crippen molar-refractivity contribution >= 4 is 17.3 Å². The van der Waals surface area contributed by atoms with E-state index in [0.29, 0.717) is 22.5 Å². The molecule has 2 amide bonds. The van der Waals surface area contributed by atoms with Gasteiger partial charge in [0.2, 0.25) is 5.82 Å². The van der Waals surface area contributed by atoms with E-state index >= 15 is 0 Å². The van der Waals surface area contributed by atoms with E-state index in [1.54, 1.807) is 31.2 Å². The predicted molar refractivity (Wildman–Crippen MR) is 128 cm³/mol. The molecule has 0 fully saturated rings. The van der Waals surface area contributed by atoms with Crippen LogP contribution in [0.3, 0.4) is 0 Å². The van der Waals surface area contributed by atoms with Crippen LogP contribution in [-0.4, -0.2) is 16.2 Å². The molecule has 6 nitrogen and oxygen atoms in total. The number of anilines is 1. The summed E-state index contributed by atoms with van der Waals surface area (Å²) in [7, 11) is 0. The van der Waals surface area contributed by atoms with Gasteiger partial charge >= 0.3 is 6.03 Å². The minimum absolute atomic E-state index is 0.200. The summed E-state index contributed by atoms with van der Waals surface area (Å²) in [5.41, 5.74) is 5.10. The first-order valence-electron chi connectivity index (χ1n) is 11.1. The summed E-state index contributed by atoms with van der Waals surface area (Å²) in [6.07, 6.45) is 0. The quantitative estimate of drug-likeness (QED) is 0.377. The van der Waals surface area contributed by atoms with E-state index in [1.807, 2.05) is 32.0 Å². The number of amides is 2. The van der Waals surface area contributed by atoms with Gasteiger partial charge in [0.05, 0.1) is 17.3 Å². The van der Waals surface area contributed by atoms with Crippen LogP contribution in [0, 0.1) is 25.5 Å². The van der Waals surface area contributed by atoms with Crippen LogP contribution in [0.5, 0.6) is 0 Å². The van der Waals surface area contributed by atoms with Gasteiger partial charge in [0.1, 0.15) is 11.6 Å². The van der Waals surface area contributed by atoms with Crippen molar-refractivity contribution in [3.8, 4) is 11.4 Å². The van der Waals surface area contributed by atoms with E-state index in [1.165, 1.54) is 29.2 Å². The number of nitrogens with one attached hydrogen (secondary N) is 1. The minimum atomic E-state index is -0.576. The Labute approximate surface area is 200 Å². The molecule has 1 N–H and O–H groups in total. The summed E-state index contributed by atoms with van der Waals surface area (Å²) < 4.78 is 33.0. The number of benzene rings is 3. The molecule has 0 spiro atoms. The Morgan fingerprint density at radius 1 is 0.914 bits per heavy atom. The molecule has 2 heterocycles. The summed E-state index contributed by atoms with van der Waals surface area (Å²) >= 11 is 0. The van der Waals surface area contributed by atoms with Gasteiger partial charge in [-0.25, -0.2) is 13.6 Å². The maximum absolute atomic E-state index is 14.0. The molecule has 0 bridgehead atoms. The van der Waals surface area contributed by atoms with Crippen molar-refractivity contribution < 1.29 is 18.1 Å². The van der Waals surface area contributed by atoms with Crippen LogP contribution in [0.15, 0.2) is 77.0 Å². The number of carbonyl (C=O) groups is 1. The smallest absolute Gasteiger partial charge is 0.327 e. The molecule has 0 saturated heterocycles. The lowest BCUT2D eigenvalue weighted by atomic mass is 9.92. The molecule has 176 valence electrons. The molecule has 35 heavy (non-hydrogen) atoms. The van der Waals surface area contributed by atoms with Crippen molar-refractivity contribution in [3.63, 3.8) is 0 Å². The normalized spacial score (nSPS) is 16.0. The zero-order chi connectivity index (χ0) is 24.7. The van der Waals surface area contributed by atoms with Crippen molar-refractivity contribution in [2.24, 2.45) is 0 Å². The molecule has 1 unspecified atom stereocenters. The van der Waals surface area contributed by atoms with Gasteiger partial charge in [-0.1, -0.05) is 29.4 Å². The zero-order valence-electron chi connectivity index (χ0n) is 19.3. The maximum atomic E-state index is 14.0. The Morgan fingerprint density at radius 3 is 2.40 bits per heavy atom. The van der Waals surface area contributed by atoms with Gasteiger partial charge in [-0.3, -0.25) is 4.90 Å². The highest BCUT2D eigenvalue weighted by Gasteiger charge is 2.36. The number of aryl methyl sites for hydroxylation is 2. The minimum Gasteiger partial charge on any atom is -0.334 e.